The Morgan fingerprint density at radius 3 is 2.83 bits per heavy atom. The number of unbranched alkanes of at least 4 members (excludes halogenated alkanes) is 3. The lowest BCUT2D eigenvalue weighted by atomic mass is 10.2. The number of nitrogens with zero attached hydrogens (tertiary/aromatic N) is 1. The summed E-state index contributed by atoms with van der Waals surface area (Å²) in [5.41, 5.74) is 0. The van der Waals surface area contributed by atoms with Crippen LogP contribution in [0.3, 0.4) is 0 Å². The van der Waals surface area contributed by atoms with E-state index < -0.39 is 0 Å². The maximum Gasteiger partial charge on any atom is 0.106 e. The zero-order valence-corrected chi connectivity index (χ0v) is 7.68. The molecule has 2 heteroatoms. The zero-order valence-electron chi connectivity index (χ0n) is 7.68. The summed E-state index contributed by atoms with van der Waals surface area (Å²) < 4.78 is 0. The van der Waals surface area contributed by atoms with Crippen LogP contribution in [-0.4, -0.2) is 13.3 Å². The molecule has 0 aliphatic heterocycles. The van der Waals surface area contributed by atoms with Crippen LogP contribution in [-0.2, 0) is 4.84 Å². The van der Waals surface area contributed by atoms with Gasteiger partial charge in [0.15, 0.2) is 0 Å². The van der Waals surface area contributed by atoms with E-state index in [9.17, 15) is 0 Å². The molecule has 0 bridgehead atoms. The molecule has 0 spiro atoms. The Morgan fingerprint density at radius 2 is 2.17 bits per heavy atom. The Bertz CT molecular complexity index is 164. The van der Waals surface area contributed by atoms with Crippen molar-refractivity contribution in [3.63, 3.8) is 0 Å². The van der Waals surface area contributed by atoms with Gasteiger partial charge in [0, 0.05) is 19.1 Å². The van der Waals surface area contributed by atoms with E-state index in [0.717, 1.165) is 32.1 Å². The van der Waals surface area contributed by atoms with E-state index in [1.54, 1.807) is 6.21 Å². The molecule has 0 aromatic carbocycles. The van der Waals surface area contributed by atoms with Gasteiger partial charge in [-0.1, -0.05) is 18.5 Å². The minimum absolute atomic E-state index is 0.865. The topological polar surface area (TPSA) is 21.6 Å². The highest BCUT2D eigenvalue weighted by atomic mass is 16.6. The fourth-order valence-corrected chi connectivity index (χ4v) is 0.654. The largest absolute Gasteiger partial charge is 0.399 e. The van der Waals surface area contributed by atoms with Gasteiger partial charge in [-0.25, -0.2) is 0 Å². The van der Waals surface area contributed by atoms with Crippen molar-refractivity contribution >= 4 is 6.21 Å². The molecule has 0 N–H and O–H groups in total. The van der Waals surface area contributed by atoms with E-state index in [4.69, 9.17) is 0 Å². The Labute approximate surface area is 75.0 Å². The van der Waals surface area contributed by atoms with Crippen LogP contribution in [0.2, 0.25) is 0 Å². The maximum atomic E-state index is 4.50. The van der Waals surface area contributed by atoms with Crippen LogP contribution in [0.25, 0.3) is 0 Å². The van der Waals surface area contributed by atoms with Crippen molar-refractivity contribution in [2.24, 2.45) is 5.16 Å². The van der Waals surface area contributed by atoms with Gasteiger partial charge in [-0.15, -0.1) is 11.8 Å². The maximum absolute atomic E-state index is 4.50. The molecule has 0 fully saturated rings. The van der Waals surface area contributed by atoms with Gasteiger partial charge in [0.05, 0.1) is 0 Å². The van der Waals surface area contributed by atoms with E-state index in [1.165, 1.54) is 7.11 Å². The first-order valence-corrected chi connectivity index (χ1v) is 4.21. The monoisotopic (exact) mass is 166 g/mol. The summed E-state index contributed by atoms with van der Waals surface area (Å²) in [5, 5.41) is 3.60. The highest BCUT2D eigenvalue weighted by Gasteiger charge is 1.78. The first kappa shape index (κ1) is 11.0. The predicted molar refractivity (Wildman–Crippen MR) is 51.7 cm³/mol. The summed E-state index contributed by atoms with van der Waals surface area (Å²) >= 11 is 0. The Hall–Kier alpha value is -0.970. The third-order valence-corrected chi connectivity index (χ3v) is 1.26. The van der Waals surface area contributed by atoms with Crippen molar-refractivity contribution in [2.75, 3.05) is 7.11 Å². The van der Waals surface area contributed by atoms with Crippen molar-refractivity contribution in [1.29, 1.82) is 0 Å². The molecule has 0 aromatic heterocycles. The second-order valence-corrected chi connectivity index (χ2v) is 2.32. The second-order valence-electron chi connectivity index (χ2n) is 2.32. The van der Waals surface area contributed by atoms with Crippen LogP contribution in [0.1, 0.15) is 32.1 Å². The standard InChI is InChI=1S/C10H16NO/c1-3-4-5-6-7-8-9-10-11-12-2/h10H,1,3-5,8-9H2,2H3. The molecule has 67 valence electrons. The molecular formula is C10H16NO. The molecule has 0 saturated carbocycles. The molecule has 0 atom stereocenters. The molecule has 0 aliphatic rings. The van der Waals surface area contributed by atoms with Gasteiger partial charge in [0.25, 0.3) is 0 Å². The molecule has 12 heavy (non-hydrogen) atoms. The van der Waals surface area contributed by atoms with Crippen molar-refractivity contribution in [1.82, 2.24) is 0 Å². The average Bonchev–Trinajstić information content (AvgIpc) is 2.10. The minimum atomic E-state index is 0.865. The van der Waals surface area contributed by atoms with Crippen molar-refractivity contribution in [3.8, 4) is 11.8 Å². The van der Waals surface area contributed by atoms with Gasteiger partial charge < -0.3 is 4.84 Å². The van der Waals surface area contributed by atoms with Crippen LogP contribution in [0.5, 0.6) is 0 Å². The zero-order chi connectivity index (χ0) is 9.07. The second kappa shape index (κ2) is 10.0. The first-order valence-electron chi connectivity index (χ1n) is 4.21. The highest BCUT2D eigenvalue weighted by Crippen LogP contribution is 1.91. The summed E-state index contributed by atoms with van der Waals surface area (Å²) in [5.74, 6) is 6.13. The number of hydrogen-bond donors (Lipinski definition) is 0. The van der Waals surface area contributed by atoms with Gasteiger partial charge in [-0.05, 0) is 12.8 Å². The van der Waals surface area contributed by atoms with E-state index >= 15 is 0 Å². The molecule has 0 heterocycles. The normalized spacial score (nSPS) is 9.50. The van der Waals surface area contributed by atoms with Crippen LogP contribution in [0.15, 0.2) is 5.16 Å². The summed E-state index contributed by atoms with van der Waals surface area (Å²) in [7, 11) is 1.54. The fourth-order valence-electron chi connectivity index (χ4n) is 0.654. The van der Waals surface area contributed by atoms with Gasteiger partial charge in [0.2, 0.25) is 0 Å². The molecule has 0 aliphatic carbocycles. The number of oxime groups is 1. The molecule has 2 nitrogen and oxygen atoms in total. The van der Waals surface area contributed by atoms with Crippen LogP contribution >= 0.6 is 0 Å². The molecule has 0 unspecified atom stereocenters. The first-order chi connectivity index (χ1) is 5.91. The van der Waals surface area contributed by atoms with Gasteiger partial charge >= 0.3 is 0 Å². The minimum Gasteiger partial charge on any atom is -0.399 e. The predicted octanol–water partition coefficient (Wildman–Crippen LogP) is 2.41. The molecular weight excluding hydrogens is 150 g/mol. The number of rotatable bonds is 5. The average molecular weight is 166 g/mol. The van der Waals surface area contributed by atoms with E-state index in [1.807, 2.05) is 0 Å². The summed E-state index contributed by atoms with van der Waals surface area (Å²) in [6.45, 7) is 3.74. The molecule has 0 aromatic rings. The number of hydrogen-bond acceptors (Lipinski definition) is 2. The van der Waals surface area contributed by atoms with Crippen LogP contribution in [0.4, 0.5) is 0 Å². The SMILES string of the molecule is [CH2]CCCC#CCCC=NOC. The van der Waals surface area contributed by atoms with Crippen LogP contribution < -0.4 is 0 Å². The highest BCUT2D eigenvalue weighted by molar-refractivity contribution is 5.56. The quantitative estimate of drug-likeness (QED) is 0.266. The molecule has 0 amide bonds. The lowest BCUT2D eigenvalue weighted by Crippen LogP contribution is -1.76. The molecule has 1 radical (unpaired) electrons. The van der Waals surface area contributed by atoms with Gasteiger partial charge in [-0.3, -0.25) is 0 Å². The smallest absolute Gasteiger partial charge is 0.106 e. The van der Waals surface area contributed by atoms with Gasteiger partial charge in [-0.2, -0.15) is 0 Å². The lowest BCUT2D eigenvalue weighted by molar-refractivity contribution is 0.214. The summed E-state index contributed by atoms with van der Waals surface area (Å²) in [6, 6.07) is 0. The summed E-state index contributed by atoms with van der Waals surface area (Å²) in [4.78, 5) is 4.50. The van der Waals surface area contributed by atoms with E-state index in [2.05, 4.69) is 28.8 Å². The Morgan fingerprint density at radius 1 is 1.42 bits per heavy atom. The molecule has 0 rings (SSSR count). The third kappa shape index (κ3) is 9.03. The van der Waals surface area contributed by atoms with Crippen LogP contribution in [0, 0.1) is 18.8 Å². The third-order valence-electron chi connectivity index (χ3n) is 1.26. The van der Waals surface area contributed by atoms with E-state index in [0.29, 0.717) is 0 Å². The van der Waals surface area contributed by atoms with E-state index in [-0.39, 0.29) is 0 Å². The lowest BCUT2D eigenvalue weighted by Gasteiger charge is -1.85. The van der Waals surface area contributed by atoms with Gasteiger partial charge in [0.1, 0.15) is 7.11 Å². The van der Waals surface area contributed by atoms with Crippen molar-refractivity contribution in [2.45, 2.75) is 32.1 Å². The van der Waals surface area contributed by atoms with Crippen molar-refractivity contribution < 1.29 is 4.84 Å². The summed E-state index contributed by atoms with van der Waals surface area (Å²) in [6.07, 6.45) is 6.50. The fraction of sp³-hybridized carbons (Fsp3) is 0.600. The Balaban J connectivity index is 3.15. The molecule has 0 saturated heterocycles. The van der Waals surface area contributed by atoms with Crippen molar-refractivity contribution in [3.05, 3.63) is 6.92 Å². The Kier molecular flexibility index (Phi) is 9.22.